The van der Waals surface area contributed by atoms with Gasteiger partial charge in [-0.2, -0.15) is 15.2 Å². The minimum atomic E-state index is -0.225. The summed E-state index contributed by atoms with van der Waals surface area (Å²) in [6, 6.07) is 15.5. The van der Waals surface area contributed by atoms with Crippen LogP contribution >= 0.6 is 0 Å². The maximum absolute atomic E-state index is 12.5. The molecule has 0 bridgehead atoms. The summed E-state index contributed by atoms with van der Waals surface area (Å²) in [7, 11) is 2.14. The second-order valence-corrected chi connectivity index (χ2v) is 11.9. The number of carbonyl (C=O) groups is 1. The number of aromatic nitrogens is 2. The van der Waals surface area contributed by atoms with Crippen LogP contribution < -0.4 is 14.5 Å². The first-order valence-electron chi connectivity index (χ1n) is 14.9. The van der Waals surface area contributed by atoms with Gasteiger partial charge >= 0.3 is 6.01 Å². The SMILES string of the molecule is C=CC(=O)N1CCN(c2nc(OC[C@@H]3CCN(C)C3)nc3c2CCN(c2cc(C)cc4ccccc24)C3)CC1CC#N. The molecule has 1 amide bonds. The van der Waals surface area contributed by atoms with Crippen LogP contribution in [0.15, 0.2) is 49.1 Å². The number of aryl methyl sites for hydroxylation is 1. The van der Waals surface area contributed by atoms with Crippen LogP contribution in [0.25, 0.3) is 10.8 Å². The molecule has 3 aliphatic rings. The van der Waals surface area contributed by atoms with E-state index in [1.165, 1.54) is 28.1 Å². The number of hydrogen-bond donors (Lipinski definition) is 0. The Hall–Kier alpha value is -4.16. The van der Waals surface area contributed by atoms with Crippen molar-refractivity contribution in [3.8, 4) is 12.1 Å². The third-order valence-electron chi connectivity index (χ3n) is 8.85. The molecule has 3 aromatic rings. The lowest BCUT2D eigenvalue weighted by molar-refractivity contribution is -0.128. The molecule has 0 radical (unpaired) electrons. The Morgan fingerprint density at radius 2 is 2.00 bits per heavy atom. The fourth-order valence-electron chi connectivity index (χ4n) is 6.71. The van der Waals surface area contributed by atoms with E-state index in [0.29, 0.717) is 44.7 Å². The van der Waals surface area contributed by atoms with Crippen LogP contribution in [-0.2, 0) is 17.8 Å². The fraction of sp³-hybridized carbons (Fsp3) is 0.455. The standard InChI is InChI=1S/C33H39N7O2/c1-4-31(41)40-16-15-39(20-26(40)9-12-34)32-28-11-14-38(30-18-23(2)17-25-7-5-6-8-27(25)30)21-29(28)35-33(36-32)42-22-24-10-13-37(3)19-24/h4-8,17-18,24,26H,1,9-11,13-16,19-22H2,2-3H3/t24-,26?/m1/s1. The molecule has 2 saturated heterocycles. The van der Waals surface area contributed by atoms with E-state index < -0.39 is 0 Å². The molecule has 2 atom stereocenters. The summed E-state index contributed by atoms with van der Waals surface area (Å²) in [6.07, 6.45) is 3.51. The number of anilines is 2. The summed E-state index contributed by atoms with van der Waals surface area (Å²) in [5.41, 5.74) is 4.57. The summed E-state index contributed by atoms with van der Waals surface area (Å²) < 4.78 is 6.29. The highest BCUT2D eigenvalue weighted by Crippen LogP contribution is 2.35. The van der Waals surface area contributed by atoms with E-state index in [1.54, 1.807) is 4.90 Å². The summed E-state index contributed by atoms with van der Waals surface area (Å²) >= 11 is 0. The number of amides is 1. The summed E-state index contributed by atoms with van der Waals surface area (Å²) in [6.45, 7) is 11.7. The third kappa shape index (κ3) is 5.64. The zero-order valence-electron chi connectivity index (χ0n) is 24.6. The second kappa shape index (κ2) is 12.0. The molecule has 9 nitrogen and oxygen atoms in total. The van der Waals surface area contributed by atoms with Crippen molar-refractivity contribution in [2.24, 2.45) is 5.92 Å². The number of benzene rings is 2. The molecular weight excluding hydrogens is 526 g/mol. The Balaban J connectivity index is 1.33. The number of nitriles is 1. The quantitative estimate of drug-likeness (QED) is 0.398. The van der Waals surface area contributed by atoms with Gasteiger partial charge in [0.15, 0.2) is 0 Å². The molecule has 42 heavy (non-hydrogen) atoms. The highest BCUT2D eigenvalue weighted by Gasteiger charge is 2.33. The van der Waals surface area contributed by atoms with Gasteiger partial charge in [-0.05, 0) is 56.4 Å². The topological polar surface area (TPSA) is 88.8 Å². The van der Waals surface area contributed by atoms with Crippen molar-refractivity contribution in [3.05, 3.63) is 65.9 Å². The number of fused-ring (bicyclic) bond motifs is 2. The number of rotatable bonds is 7. The highest BCUT2D eigenvalue weighted by molar-refractivity contribution is 5.95. The van der Waals surface area contributed by atoms with E-state index in [-0.39, 0.29) is 18.4 Å². The first kappa shape index (κ1) is 28.0. The van der Waals surface area contributed by atoms with Crippen LogP contribution in [0, 0.1) is 24.2 Å². The highest BCUT2D eigenvalue weighted by atomic mass is 16.5. The second-order valence-electron chi connectivity index (χ2n) is 11.9. The molecule has 0 N–H and O–H groups in total. The number of carbonyl (C=O) groups excluding carboxylic acids is 1. The molecule has 3 aliphatic heterocycles. The smallest absolute Gasteiger partial charge is 0.318 e. The van der Waals surface area contributed by atoms with Gasteiger partial charge in [-0.3, -0.25) is 4.79 Å². The van der Waals surface area contributed by atoms with Crippen molar-refractivity contribution in [2.75, 3.05) is 62.7 Å². The number of ether oxygens (including phenoxy) is 1. The summed E-state index contributed by atoms with van der Waals surface area (Å²) in [5, 5.41) is 12.0. The first-order valence-corrected chi connectivity index (χ1v) is 14.9. The maximum Gasteiger partial charge on any atom is 0.318 e. The molecule has 0 aliphatic carbocycles. The maximum atomic E-state index is 12.5. The minimum Gasteiger partial charge on any atom is -0.463 e. The summed E-state index contributed by atoms with van der Waals surface area (Å²) in [5.74, 6) is 1.20. The molecule has 2 aromatic carbocycles. The number of nitrogens with zero attached hydrogens (tertiary/aromatic N) is 7. The molecule has 0 saturated carbocycles. The molecule has 218 valence electrons. The van der Waals surface area contributed by atoms with Gasteiger partial charge in [0.1, 0.15) is 5.82 Å². The van der Waals surface area contributed by atoms with Crippen LogP contribution in [0.2, 0.25) is 0 Å². The van der Waals surface area contributed by atoms with Crippen molar-refractivity contribution < 1.29 is 9.53 Å². The molecular formula is C33H39N7O2. The van der Waals surface area contributed by atoms with Gasteiger partial charge < -0.3 is 24.3 Å². The lowest BCUT2D eigenvalue weighted by Crippen LogP contribution is -2.55. The van der Waals surface area contributed by atoms with Crippen LogP contribution in [-0.4, -0.2) is 84.6 Å². The predicted molar refractivity (Wildman–Crippen MR) is 165 cm³/mol. The molecule has 9 heteroatoms. The number of piperazine rings is 1. The van der Waals surface area contributed by atoms with Crippen molar-refractivity contribution in [3.63, 3.8) is 0 Å². The normalized spacial score (nSPS) is 20.8. The average molecular weight is 566 g/mol. The predicted octanol–water partition coefficient (Wildman–Crippen LogP) is 3.95. The van der Waals surface area contributed by atoms with Gasteiger partial charge in [0.25, 0.3) is 0 Å². The van der Waals surface area contributed by atoms with Crippen LogP contribution in [0.4, 0.5) is 11.5 Å². The monoisotopic (exact) mass is 565 g/mol. The molecule has 0 spiro atoms. The van der Waals surface area contributed by atoms with Gasteiger partial charge in [0, 0.05) is 55.3 Å². The zero-order chi connectivity index (χ0) is 29.2. The average Bonchev–Trinajstić information content (AvgIpc) is 3.43. The zero-order valence-corrected chi connectivity index (χ0v) is 24.6. The number of likely N-dealkylation sites (tertiary alicyclic amines) is 1. The molecule has 6 rings (SSSR count). The van der Waals surface area contributed by atoms with E-state index >= 15 is 0 Å². The minimum absolute atomic E-state index is 0.133. The Kier molecular flexibility index (Phi) is 7.98. The Bertz CT molecular complexity index is 1530. The van der Waals surface area contributed by atoms with Gasteiger partial charge in [0.05, 0.1) is 37.4 Å². The van der Waals surface area contributed by atoms with Crippen LogP contribution in [0.3, 0.4) is 0 Å². The molecule has 2 fully saturated rings. The molecule has 1 unspecified atom stereocenters. The molecule has 4 heterocycles. The lowest BCUT2D eigenvalue weighted by Gasteiger charge is -2.42. The van der Waals surface area contributed by atoms with Crippen molar-refractivity contribution in [1.29, 1.82) is 5.26 Å². The van der Waals surface area contributed by atoms with E-state index in [4.69, 9.17) is 14.7 Å². The lowest BCUT2D eigenvalue weighted by atomic mass is 10.00. The first-order chi connectivity index (χ1) is 20.4. The fourth-order valence-corrected chi connectivity index (χ4v) is 6.71. The largest absolute Gasteiger partial charge is 0.463 e. The van der Waals surface area contributed by atoms with E-state index in [2.05, 4.69) is 77.7 Å². The summed E-state index contributed by atoms with van der Waals surface area (Å²) in [4.78, 5) is 31.3. The van der Waals surface area contributed by atoms with Crippen LogP contribution in [0.5, 0.6) is 6.01 Å². The Labute approximate surface area is 248 Å². The third-order valence-corrected chi connectivity index (χ3v) is 8.85. The van der Waals surface area contributed by atoms with Gasteiger partial charge in [0.2, 0.25) is 5.91 Å². The van der Waals surface area contributed by atoms with E-state index in [0.717, 1.165) is 49.6 Å². The Morgan fingerprint density at radius 3 is 2.79 bits per heavy atom. The number of hydrogen-bond acceptors (Lipinski definition) is 8. The van der Waals surface area contributed by atoms with Gasteiger partial charge in [-0.15, -0.1) is 0 Å². The molecule has 1 aromatic heterocycles. The van der Waals surface area contributed by atoms with Crippen molar-refractivity contribution in [2.45, 2.75) is 38.8 Å². The van der Waals surface area contributed by atoms with Crippen LogP contribution in [0.1, 0.15) is 29.7 Å². The van der Waals surface area contributed by atoms with Crippen molar-refractivity contribution >= 4 is 28.2 Å². The van der Waals surface area contributed by atoms with E-state index in [1.807, 2.05) is 0 Å². The Morgan fingerprint density at radius 1 is 1.14 bits per heavy atom. The van der Waals surface area contributed by atoms with E-state index in [9.17, 15) is 10.1 Å². The van der Waals surface area contributed by atoms with Gasteiger partial charge in [-0.25, -0.2) is 0 Å². The van der Waals surface area contributed by atoms with Gasteiger partial charge in [-0.1, -0.05) is 36.9 Å². The van der Waals surface area contributed by atoms with Crippen molar-refractivity contribution in [1.82, 2.24) is 19.8 Å².